The highest BCUT2D eigenvalue weighted by Crippen LogP contribution is 2.09. The van der Waals surface area contributed by atoms with E-state index in [4.69, 9.17) is 9.84 Å². The zero-order valence-electron chi connectivity index (χ0n) is 11.6. The van der Waals surface area contributed by atoms with Crippen molar-refractivity contribution in [2.24, 2.45) is 0 Å². The third-order valence-electron chi connectivity index (χ3n) is 2.71. The summed E-state index contributed by atoms with van der Waals surface area (Å²) in [5.41, 5.74) is 0. The molecular weight excluding hydrogens is 234 g/mol. The number of carbonyl (C=O) groups is 2. The Morgan fingerprint density at radius 2 is 1.83 bits per heavy atom. The third kappa shape index (κ3) is 7.14. The number of nitrogens with zero attached hydrogens (tertiary/aromatic N) is 1. The molecule has 0 radical (unpaired) electrons. The van der Waals surface area contributed by atoms with E-state index in [0.29, 0.717) is 13.2 Å². The lowest BCUT2D eigenvalue weighted by atomic mass is 10.2. The summed E-state index contributed by atoms with van der Waals surface area (Å²) in [7, 11) is 0. The normalized spacial score (nSPS) is 11.9. The molecule has 0 heterocycles. The van der Waals surface area contributed by atoms with E-state index in [2.05, 4.69) is 0 Å². The van der Waals surface area contributed by atoms with Crippen molar-refractivity contribution < 1.29 is 19.4 Å². The summed E-state index contributed by atoms with van der Waals surface area (Å²) in [4.78, 5) is 24.1. The molecule has 1 atom stereocenters. The number of carboxylic acids is 1. The molecule has 0 aromatic carbocycles. The highest BCUT2D eigenvalue weighted by atomic mass is 16.6. The monoisotopic (exact) mass is 259 g/mol. The number of ether oxygens (including phenoxy) is 1. The van der Waals surface area contributed by atoms with Crippen LogP contribution in [-0.4, -0.2) is 41.3 Å². The van der Waals surface area contributed by atoms with Crippen molar-refractivity contribution in [3.63, 3.8) is 0 Å². The summed E-state index contributed by atoms with van der Waals surface area (Å²) in [6.07, 6.45) is 3.16. The highest BCUT2D eigenvalue weighted by Gasteiger charge is 2.22. The van der Waals surface area contributed by atoms with Crippen molar-refractivity contribution >= 4 is 12.1 Å². The fourth-order valence-electron chi connectivity index (χ4n) is 1.57. The molecule has 0 bridgehead atoms. The number of carbonyl (C=O) groups excluding carboxylic acids is 1. The first-order valence-electron chi connectivity index (χ1n) is 6.68. The zero-order chi connectivity index (χ0) is 14.0. The van der Waals surface area contributed by atoms with Crippen LogP contribution in [0.2, 0.25) is 0 Å². The van der Waals surface area contributed by atoms with E-state index < -0.39 is 12.1 Å². The molecule has 0 aliphatic carbocycles. The minimum atomic E-state index is -0.898. The highest BCUT2D eigenvalue weighted by molar-refractivity contribution is 5.71. The maximum atomic E-state index is 11.9. The summed E-state index contributed by atoms with van der Waals surface area (Å²) >= 11 is 0. The van der Waals surface area contributed by atoms with Gasteiger partial charge in [-0.1, -0.05) is 26.7 Å². The number of amides is 1. The molecule has 0 aliphatic rings. The van der Waals surface area contributed by atoms with Crippen molar-refractivity contribution in [2.75, 3.05) is 13.2 Å². The molecule has 106 valence electrons. The van der Waals surface area contributed by atoms with E-state index in [0.717, 1.165) is 25.7 Å². The number of unbranched alkanes of at least 4 members (excludes halogenated alkanes) is 2. The van der Waals surface area contributed by atoms with Crippen molar-refractivity contribution in [1.82, 2.24) is 4.90 Å². The van der Waals surface area contributed by atoms with E-state index in [-0.39, 0.29) is 12.5 Å². The molecule has 0 aromatic heterocycles. The van der Waals surface area contributed by atoms with Gasteiger partial charge in [0.1, 0.15) is 0 Å². The molecule has 1 amide bonds. The predicted molar refractivity (Wildman–Crippen MR) is 69.6 cm³/mol. The van der Waals surface area contributed by atoms with Crippen LogP contribution in [-0.2, 0) is 9.53 Å². The van der Waals surface area contributed by atoms with E-state index >= 15 is 0 Å². The van der Waals surface area contributed by atoms with Crippen LogP contribution in [0.5, 0.6) is 0 Å². The van der Waals surface area contributed by atoms with Crippen LogP contribution >= 0.6 is 0 Å². The van der Waals surface area contributed by atoms with E-state index in [9.17, 15) is 9.59 Å². The van der Waals surface area contributed by atoms with Crippen LogP contribution in [0.4, 0.5) is 4.79 Å². The summed E-state index contributed by atoms with van der Waals surface area (Å²) in [5.74, 6) is -0.898. The first kappa shape index (κ1) is 16.7. The second kappa shape index (κ2) is 9.74. The molecule has 1 N–H and O–H groups in total. The second-order valence-corrected chi connectivity index (χ2v) is 4.46. The van der Waals surface area contributed by atoms with Crippen molar-refractivity contribution in [1.29, 1.82) is 0 Å². The fourth-order valence-corrected chi connectivity index (χ4v) is 1.57. The molecule has 1 unspecified atom stereocenters. The maximum absolute atomic E-state index is 11.9. The number of rotatable bonds is 9. The lowest BCUT2D eigenvalue weighted by Gasteiger charge is -2.27. The van der Waals surface area contributed by atoms with Gasteiger partial charge in [0.2, 0.25) is 0 Å². The molecule has 0 rings (SSSR count). The second-order valence-electron chi connectivity index (χ2n) is 4.46. The largest absolute Gasteiger partial charge is 0.481 e. The first-order chi connectivity index (χ1) is 8.52. The summed E-state index contributed by atoms with van der Waals surface area (Å²) < 4.78 is 5.14. The van der Waals surface area contributed by atoms with E-state index in [1.165, 1.54) is 4.90 Å². The Bertz CT molecular complexity index is 255. The fraction of sp³-hybridized carbons (Fsp3) is 0.846. The lowest BCUT2D eigenvalue weighted by molar-refractivity contribution is -0.138. The molecule has 0 fully saturated rings. The van der Waals surface area contributed by atoms with Gasteiger partial charge in [-0.05, 0) is 19.8 Å². The molecule has 0 saturated heterocycles. The Labute approximate surface area is 109 Å². The van der Waals surface area contributed by atoms with Gasteiger partial charge < -0.3 is 14.7 Å². The van der Waals surface area contributed by atoms with Crippen molar-refractivity contribution in [3.8, 4) is 0 Å². The van der Waals surface area contributed by atoms with E-state index in [1.54, 1.807) is 6.92 Å². The maximum Gasteiger partial charge on any atom is 0.410 e. The van der Waals surface area contributed by atoms with Crippen LogP contribution in [0.25, 0.3) is 0 Å². The molecular formula is C13H25NO4. The third-order valence-corrected chi connectivity index (χ3v) is 2.71. The quantitative estimate of drug-likeness (QED) is 0.646. The Morgan fingerprint density at radius 3 is 2.33 bits per heavy atom. The number of carboxylic acid groups (broad SMARTS) is 1. The van der Waals surface area contributed by atoms with Gasteiger partial charge in [0.05, 0.1) is 13.0 Å². The Hall–Kier alpha value is -1.26. The van der Waals surface area contributed by atoms with Gasteiger partial charge in [-0.3, -0.25) is 4.79 Å². The average Bonchev–Trinajstić information content (AvgIpc) is 2.29. The number of aliphatic carboxylic acids is 1. The van der Waals surface area contributed by atoms with Crippen LogP contribution in [0.3, 0.4) is 0 Å². The van der Waals surface area contributed by atoms with Gasteiger partial charge in [-0.25, -0.2) is 4.79 Å². The Morgan fingerprint density at radius 1 is 1.22 bits per heavy atom. The average molecular weight is 259 g/mol. The smallest absolute Gasteiger partial charge is 0.410 e. The molecule has 0 aliphatic heterocycles. The van der Waals surface area contributed by atoms with Crippen LogP contribution in [0.15, 0.2) is 0 Å². The number of hydrogen-bond donors (Lipinski definition) is 1. The minimum Gasteiger partial charge on any atom is -0.481 e. The molecule has 5 nitrogen and oxygen atoms in total. The molecule has 5 heteroatoms. The predicted octanol–water partition coefficient (Wildman–Crippen LogP) is 2.89. The van der Waals surface area contributed by atoms with Gasteiger partial charge in [0, 0.05) is 12.6 Å². The summed E-state index contributed by atoms with van der Waals surface area (Å²) in [6, 6.07) is -0.330. The number of hydrogen-bond acceptors (Lipinski definition) is 3. The van der Waals surface area contributed by atoms with Gasteiger partial charge >= 0.3 is 12.1 Å². The topological polar surface area (TPSA) is 66.8 Å². The van der Waals surface area contributed by atoms with Crippen molar-refractivity contribution in [2.45, 2.75) is 58.9 Å². The zero-order valence-corrected chi connectivity index (χ0v) is 11.6. The standard InChI is InChI=1S/C13H25NO4/c1-4-6-8-14(11(3)10-12(15)16)13(17)18-9-7-5-2/h11H,4-10H2,1-3H3,(H,15,16). The first-order valence-corrected chi connectivity index (χ1v) is 6.68. The van der Waals surface area contributed by atoms with Crippen molar-refractivity contribution in [3.05, 3.63) is 0 Å². The Kier molecular flexibility index (Phi) is 9.06. The molecule has 18 heavy (non-hydrogen) atoms. The summed E-state index contributed by atoms with van der Waals surface area (Å²) in [5, 5.41) is 8.78. The van der Waals surface area contributed by atoms with Crippen LogP contribution in [0.1, 0.15) is 52.9 Å². The lowest BCUT2D eigenvalue weighted by Crippen LogP contribution is -2.41. The van der Waals surface area contributed by atoms with Crippen LogP contribution < -0.4 is 0 Å². The van der Waals surface area contributed by atoms with E-state index in [1.807, 2.05) is 13.8 Å². The summed E-state index contributed by atoms with van der Waals surface area (Å²) in [6.45, 7) is 6.75. The molecule has 0 spiro atoms. The molecule has 0 saturated carbocycles. The Balaban J connectivity index is 4.35. The van der Waals surface area contributed by atoms with Gasteiger partial charge in [0.15, 0.2) is 0 Å². The van der Waals surface area contributed by atoms with Gasteiger partial charge in [-0.15, -0.1) is 0 Å². The van der Waals surface area contributed by atoms with Gasteiger partial charge in [-0.2, -0.15) is 0 Å². The SMILES string of the molecule is CCCCOC(=O)N(CCCC)C(C)CC(=O)O. The molecule has 0 aromatic rings. The minimum absolute atomic E-state index is 0.0490. The van der Waals surface area contributed by atoms with Crippen LogP contribution in [0, 0.1) is 0 Å². The van der Waals surface area contributed by atoms with Gasteiger partial charge in [0.25, 0.3) is 0 Å².